The van der Waals surface area contributed by atoms with Gasteiger partial charge in [-0.3, -0.25) is 0 Å². The van der Waals surface area contributed by atoms with Gasteiger partial charge < -0.3 is 19.3 Å². The Morgan fingerprint density at radius 1 is 0.639 bits per heavy atom. The first-order valence-electron chi connectivity index (χ1n) is 13.4. The molecular formula is C28H44N4O2S2+2. The number of ether oxygens (including phenoxy) is 2. The number of rotatable bonds is 13. The van der Waals surface area contributed by atoms with E-state index in [2.05, 4.69) is 91.5 Å². The number of aromatic nitrogens is 2. The summed E-state index contributed by atoms with van der Waals surface area (Å²) in [6.07, 6.45) is 14.3. The van der Waals surface area contributed by atoms with Gasteiger partial charge in [0.15, 0.2) is 37.9 Å². The lowest BCUT2D eigenvalue weighted by molar-refractivity contribution is -0.692. The van der Waals surface area contributed by atoms with Gasteiger partial charge in [0.2, 0.25) is 0 Å². The van der Waals surface area contributed by atoms with E-state index in [-0.39, 0.29) is 0 Å². The number of methoxy groups -OCH3 is 2. The summed E-state index contributed by atoms with van der Waals surface area (Å²) in [5.41, 5.74) is 2.67. The Balaban J connectivity index is 1.03. The molecule has 0 spiro atoms. The van der Waals surface area contributed by atoms with E-state index < -0.39 is 0 Å². The summed E-state index contributed by atoms with van der Waals surface area (Å²) < 4.78 is 15.6. The highest BCUT2D eigenvalue weighted by Crippen LogP contribution is 2.21. The number of thioether (sulfide) groups is 2. The molecule has 6 nitrogen and oxygen atoms in total. The second-order valence-corrected chi connectivity index (χ2v) is 12.1. The Bertz CT molecular complexity index is 795. The number of nitrogens with zero attached hydrogens (tertiary/aromatic N) is 4. The average Bonchev–Trinajstić information content (AvgIpc) is 2.95. The molecule has 0 radical (unpaired) electrons. The van der Waals surface area contributed by atoms with Crippen LogP contribution in [-0.2, 0) is 22.6 Å². The van der Waals surface area contributed by atoms with Gasteiger partial charge in [0.1, 0.15) is 0 Å². The van der Waals surface area contributed by atoms with Crippen LogP contribution >= 0.6 is 23.5 Å². The minimum Gasteiger partial charge on any atom is -0.381 e. The molecule has 2 aliphatic heterocycles. The van der Waals surface area contributed by atoms with Crippen LogP contribution in [0.4, 0.5) is 11.4 Å². The van der Waals surface area contributed by atoms with Gasteiger partial charge in [0.25, 0.3) is 0 Å². The third kappa shape index (κ3) is 8.54. The van der Waals surface area contributed by atoms with E-state index in [0.29, 0.717) is 12.2 Å². The Hall–Kier alpha value is -1.48. The molecule has 0 bridgehead atoms. The fraction of sp³-hybridized carbons (Fsp3) is 0.643. The van der Waals surface area contributed by atoms with Crippen molar-refractivity contribution in [2.75, 3.05) is 73.2 Å². The molecule has 0 aromatic carbocycles. The van der Waals surface area contributed by atoms with Crippen LogP contribution < -0.4 is 18.9 Å². The first-order valence-corrected chi connectivity index (χ1v) is 15.8. The minimum absolute atomic E-state index is 0.435. The number of pyridine rings is 2. The maximum Gasteiger partial charge on any atom is 0.170 e. The Kier molecular flexibility index (Phi) is 11.5. The van der Waals surface area contributed by atoms with E-state index in [0.717, 1.165) is 65.0 Å². The van der Waals surface area contributed by atoms with Gasteiger partial charge in [-0.05, 0) is 25.7 Å². The molecule has 0 atom stereocenters. The van der Waals surface area contributed by atoms with Gasteiger partial charge in [-0.2, -0.15) is 23.5 Å². The van der Waals surface area contributed by atoms with Crippen LogP contribution in [0.5, 0.6) is 0 Å². The molecular weight excluding hydrogens is 488 g/mol. The number of anilines is 2. The second-order valence-electron chi connectivity index (χ2n) is 9.66. The van der Waals surface area contributed by atoms with Crippen molar-refractivity contribution >= 4 is 34.9 Å². The summed E-state index contributed by atoms with van der Waals surface area (Å²) in [6.45, 7) is 6.52. The van der Waals surface area contributed by atoms with Crippen molar-refractivity contribution in [3.8, 4) is 0 Å². The highest BCUT2D eigenvalue weighted by molar-refractivity contribution is 8.02. The van der Waals surface area contributed by atoms with Gasteiger partial charge >= 0.3 is 0 Å². The van der Waals surface area contributed by atoms with Crippen molar-refractivity contribution in [2.45, 2.75) is 51.0 Å². The largest absolute Gasteiger partial charge is 0.381 e. The van der Waals surface area contributed by atoms with Crippen LogP contribution in [-0.4, -0.2) is 75.6 Å². The summed E-state index contributed by atoms with van der Waals surface area (Å²) in [7, 11) is 3.66. The predicted molar refractivity (Wildman–Crippen MR) is 152 cm³/mol. The first kappa shape index (κ1) is 27.6. The maximum atomic E-state index is 5.49. The molecule has 0 amide bonds. The number of piperidine rings is 2. The molecule has 8 heteroatoms. The van der Waals surface area contributed by atoms with Crippen LogP contribution in [0.25, 0.3) is 0 Å². The van der Waals surface area contributed by atoms with Crippen molar-refractivity contribution in [1.82, 2.24) is 0 Å². The Labute approximate surface area is 226 Å². The number of hydrogen-bond donors (Lipinski definition) is 0. The first-order chi connectivity index (χ1) is 17.7. The van der Waals surface area contributed by atoms with E-state index in [9.17, 15) is 0 Å². The van der Waals surface area contributed by atoms with Gasteiger partial charge in [-0.1, -0.05) is 0 Å². The van der Waals surface area contributed by atoms with Gasteiger partial charge in [0.05, 0.1) is 23.7 Å². The van der Waals surface area contributed by atoms with E-state index in [4.69, 9.17) is 9.47 Å². The third-order valence-corrected chi connectivity index (χ3v) is 9.57. The van der Waals surface area contributed by atoms with Crippen molar-refractivity contribution in [1.29, 1.82) is 0 Å². The number of hydrogen-bond acceptors (Lipinski definition) is 6. The lowest BCUT2D eigenvalue weighted by Crippen LogP contribution is -2.38. The standard InChI is InChI=1S/C28H44N4O2S2/c1-33-27-7-15-31(16-8-27)25-3-11-29(12-4-25)19-21-35-23-24-36-22-20-30-13-5-26(6-14-30)32-17-9-28(34-2)10-18-32/h3-6,11-14,27-28H,7-10,15-24H2,1-2H3/q+2. The topological polar surface area (TPSA) is 32.7 Å². The molecule has 4 rings (SSSR count). The summed E-state index contributed by atoms with van der Waals surface area (Å²) >= 11 is 4.12. The minimum atomic E-state index is 0.435. The van der Waals surface area contributed by atoms with Crippen LogP contribution in [0.2, 0.25) is 0 Å². The molecule has 0 N–H and O–H groups in total. The SMILES string of the molecule is COC1CCN(c2cc[n+](CCSCCSCC[n+]3ccc(N4CCC(OC)CC4)cc3)cc2)CC1. The lowest BCUT2D eigenvalue weighted by Gasteiger charge is -2.32. The molecule has 0 unspecified atom stereocenters. The summed E-state index contributed by atoms with van der Waals surface area (Å²) in [4.78, 5) is 4.95. The summed E-state index contributed by atoms with van der Waals surface area (Å²) in [6, 6.07) is 9.06. The highest BCUT2D eigenvalue weighted by Gasteiger charge is 2.20. The Morgan fingerprint density at radius 3 is 1.33 bits per heavy atom. The second kappa shape index (κ2) is 15.1. The molecule has 0 saturated carbocycles. The van der Waals surface area contributed by atoms with Crippen molar-refractivity contribution < 1.29 is 18.6 Å². The normalized spacial score (nSPS) is 17.6. The third-order valence-electron chi connectivity index (χ3n) is 7.39. The summed E-state index contributed by atoms with van der Waals surface area (Å²) in [5, 5.41) is 0. The molecule has 4 heterocycles. The van der Waals surface area contributed by atoms with Crippen LogP contribution in [0, 0.1) is 0 Å². The van der Waals surface area contributed by atoms with Crippen molar-refractivity contribution in [3.05, 3.63) is 49.1 Å². The molecule has 198 valence electrons. The van der Waals surface area contributed by atoms with E-state index in [1.807, 2.05) is 14.2 Å². The molecule has 2 fully saturated rings. The van der Waals surface area contributed by atoms with E-state index >= 15 is 0 Å². The van der Waals surface area contributed by atoms with Crippen LogP contribution in [0.15, 0.2) is 49.1 Å². The van der Waals surface area contributed by atoms with Crippen molar-refractivity contribution in [2.24, 2.45) is 0 Å². The zero-order chi connectivity index (χ0) is 25.0. The molecule has 36 heavy (non-hydrogen) atoms. The highest BCUT2D eigenvalue weighted by atomic mass is 32.2. The van der Waals surface area contributed by atoms with E-state index in [1.54, 1.807) is 0 Å². The average molecular weight is 533 g/mol. The molecule has 2 aromatic rings. The van der Waals surface area contributed by atoms with Crippen LogP contribution in [0.3, 0.4) is 0 Å². The monoisotopic (exact) mass is 532 g/mol. The molecule has 2 aromatic heterocycles. The fourth-order valence-electron chi connectivity index (χ4n) is 4.98. The van der Waals surface area contributed by atoms with E-state index in [1.165, 1.54) is 34.4 Å². The maximum absolute atomic E-state index is 5.49. The Morgan fingerprint density at radius 2 is 1.00 bits per heavy atom. The zero-order valence-corrected chi connectivity index (χ0v) is 23.7. The molecule has 2 saturated heterocycles. The van der Waals surface area contributed by atoms with Gasteiger partial charge in [0, 0.05) is 87.5 Å². The molecule has 2 aliphatic rings. The summed E-state index contributed by atoms with van der Waals surface area (Å²) in [5.74, 6) is 4.78. The molecule has 0 aliphatic carbocycles. The van der Waals surface area contributed by atoms with Gasteiger partial charge in [-0.25, -0.2) is 9.13 Å². The van der Waals surface area contributed by atoms with Crippen LogP contribution in [0.1, 0.15) is 25.7 Å². The smallest absolute Gasteiger partial charge is 0.170 e. The lowest BCUT2D eigenvalue weighted by atomic mass is 10.1. The predicted octanol–water partition coefficient (Wildman–Crippen LogP) is 3.66. The quantitative estimate of drug-likeness (QED) is 0.289. The number of aryl methyl sites for hydroxylation is 2. The van der Waals surface area contributed by atoms with Crippen molar-refractivity contribution in [3.63, 3.8) is 0 Å². The fourth-order valence-corrected chi connectivity index (χ4v) is 7.01. The van der Waals surface area contributed by atoms with Gasteiger partial charge in [-0.15, -0.1) is 0 Å². The zero-order valence-electron chi connectivity index (χ0n) is 22.1.